The number of amides is 1. The number of carbonyl (C=O) groups excluding carboxylic acids is 2. The molecule has 4 rings (SSSR count). The van der Waals surface area contributed by atoms with Crippen molar-refractivity contribution in [2.45, 2.75) is 31.0 Å². The average molecular weight is 448 g/mol. The molecular formula is C25H24N2O6. The number of furan rings is 1. The standard InChI is InChI=1S/C25H24N2O6/c1-30-23(28)21(20-14-8-17-31-20)26-33-25(15-9-16-25)24(29)27-32-22(18-10-4-2-5-11-18)19-12-6-3-7-13-19/h2-8,10-14,17,22H,9,15-16H2,1H3,(H,27,29). The topological polar surface area (TPSA) is 99.4 Å². The maximum absolute atomic E-state index is 13.1. The smallest absolute Gasteiger partial charge is 0.364 e. The van der Waals surface area contributed by atoms with E-state index in [-0.39, 0.29) is 11.5 Å². The van der Waals surface area contributed by atoms with Crippen molar-refractivity contribution in [2.75, 3.05) is 7.11 Å². The molecule has 0 unspecified atom stereocenters. The monoisotopic (exact) mass is 448 g/mol. The average Bonchev–Trinajstić information content (AvgIpc) is 3.36. The van der Waals surface area contributed by atoms with Gasteiger partial charge in [0, 0.05) is 0 Å². The lowest BCUT2D eigenvalue weighted by Crippen LogP contribution is -2.53. The van der Waals surface area contributed by atoms with Crippen molar-refractivity contribution in [1.29, 1.82) is 0 Å². The van der Waals surface area contributed by atoms with Gasteiger partial charge < -0.3 is 14.0 Å². The fourth-order valence-electron chi connectivity index (χ4n) is 3.47. The van der Waals surface area contributed by atoms with Crippen LogP contribution in [0.25, 0.3) is 0 Å². The second-order valence-electron chi connectivity index (χ2n) is 7.60. The summed E-state index contributed by atoms with van der Waals surface area (Å²) in [6.07, 6.45) is 2.53. The Hall–Kier alpha value is -3.91. The number of esters is 1. The predicted octanol–water partition coefficient (Wildman–Crippen LogP) is 3.93. The van der Waals surface area contributed by atoms with Gasteiger partial charge in [-0.1, -0.05) is 65.8 Å². The molecule has 0 aliphatic heterocycles. The van der Waals surface area contributed by atoms with E-state index in [9.17, 15) is 9.59 Å². The van der Waals surface area contributed by atoms with Gasteiger partial charge >= 0.3 is 5.97 Å². The third-order valence-electron chi connectivity index (χ3n) is 5.49. The largest absolute Gasteiger partial charge is 0.464 e. The van der Waals surface area contributed by atoms with Crippen LogP contribution in [0.5, 0.6) is 0 Å². The van der Waals surface area contributed by atoms with Gasteiger partial charge in [-0.25, -0.2) is 10.3 Å². The van der Waals surface area contributed by atoms with Gasteiger partial charge in [-0.3, -0.25) is 9.63 Å². The maximum Gasteiger partial charge on any atom is 0.364 e. The van der Waals surface area contributed by atoms with E-state index >= 15 is 0 Å². The Balaban J connectivity index is 1.50. The number of hydroxylamine groups is 1. The molecule has 1 N–H and O–H groups in total. The molecule has 1 saturated carbocycles. The van der Waals surface area contributed by atoms with Crippen LogP contribution in [0, 0.1) is 0 Å². The Morgan fingerprint density at radius 3 is 2.09 bits per heavy atom. The lowest BCUT2D eigenvalue weighted by molar-refractivity contribution is -0.175. The molecule has 0 atom stereocenters. The van der Waals surface area contributed by atoms with Crippen LogP contribution in [-0.4, -0.2) is 30.3 Å². The van der Waals surface area contributed by atoms with Gasteiger partial charge in [0.1, 0.15) is 6.10 Å². The lowest BCUT2D eigenvalue weighted by Gasteiger charge is -2.37. The van der Waals surface area contributed by atoms with E-state index < -0.39 is 23.6 Å². The van der Waals surface area contributed by atoms with E-state index in [4.69, 9.17) is 18.8 Å². The van der Waals surface area contributed by atoms with Crippen LogP contribution in [0.3, 0.4) is 0 Å². The normalized spacial score (nSPS) is 14.9. The molecule has 0 radical (unpaired) electrons. The van der Waals surface area contributed by atoms with Gasteiger partial charge in [0.05, 0.1) is 13.4 Å². The van der Waals surface area contributed by atoms with Gasteiger partial charge in [0.15, 0.2) is 5.76 Å². The van der Waals surface area contributed by atoms with Crippen molar-refractivity contribution in [1.82, 2.24) is 5.48 Å². The highest BCUT2D eigenvalue weighted by Crippen LogP contribution is 2.37. The molecule has 3 aromatic rings. The highest BCUT2D eigenvalue weighted by molar-refractivity contribution is 6.42. The van der Waals surface area contributed by atoms with Crippen molar-refractivity contribution in [3.05, 3.63) is 95.9 Å². The second kappa shape index (κ2) is 10.1. The van der Waals surface area contributed by atoms with Crippen LogP contribution < -0.4 is 5.48 Å². The maximum atomic E-state index is 13.1. The number of nitrogens with one attached hydrogen (secondary N) is 1. The molecule has 8 heteroatoms. The highest BCUT2D eigenvalue weighted by Gasteiger charge is 2.48. The SMILES string of the molecule is COC(=O)C(=NOC1(C(=O)NOC(c2ccccc2)c2ccccc2)CCC1)c1ccco1. The van der Waals surface area contributed by atoms with Crippen LogP contribution in [0.15, 0.2) is 88.6 Å². The van der Waals surface area contributed by atoms with Crippen LogP contribution in [0.2, 0.25) is 0 Å². The molecule has 0 bridgehead atoms. The second-order valence-corrected chi connectivity index (χ2v) is 7.60. The molecule has 170 valence electrons. The lowest BCUT2D eigenvalue weighted by atomic mass is 9.79. The molecule has 8 nitrogen and oxygen atoms in total. The molecule has 2 aromatic carbocycles. The first-order valence-corrected chi connectivity index (χ1v) is 10.6. The Kier molecular flexibility index (Phi) is 6.85. The van der Waals surface area contributed by atoms with Gasteiger partial charge in [0.2, 0.25) is 11.3 Å². The number of nitrogens with zero attached hydrogens (tertiary/aromatic N) is 1. The number of rotatable bonds is 9. The van der Waals surface area contributed by atoms with Crippen molar-refractivity contribution in [3.8, 4) is 0 Å². The Bertz CT molecular complexity index is 1050. The molecule has 1 aliphatic carbocycles. The minimum absolute atomic E-state index is 0.158. The number of carbonyl (C=O) groups is 2. The van der Waals surface area contributed by atoms with Gasteiger partial charge in [0.25, 0.3) is 5.91 Å². The summed E-state index contributed by atoms with van der Waals surface area (Å²) in [4.78, 5) is 36.7. The summed E-state index contributed by atoms with van der Waals surface area (Å²) in [6, 6.07) is 22.3. The molecule has 1 heterocycles. The third kappa shape index (κ3) is 4.96. The van der Waals surface area contributed by atoms with Crippen LogP contribution in [-0.2, 0) is 24.0 Å². The van der Waals surface area contributed by atoms with Gasteiger partial charge in [-0.15, -0.1) is 0 Å². The zero-order valence-electron chi connectivity index (χ0n) is 18.1. The number of hydrogen-bond donors (Lipinski definition) is 1. The number of hydrogen-bond acceptors (Lipinski definition) is 7. The van der Waals surface area contributed by atoms with Crippen molar-refractivity contribution < 1.29 is 28.4 Å². The molecular weight excluding hydrogens is 424 g/mol. The molecule has 33 heavy (non-hydrogen) atoms. The molecule has 1 aliphatic rings. The molecule has 0 saturated heterocycles. The predicted molar refractivity (Wildman–Crippen MR) is 119 cm³/mol. The summed E-state index contributed by atoms with van der Waals surface area (Å²) in [5.74, 6) is -1.02. The molecule has 1 aromatic heterocycles. The summed E-state index contributed by atoms with van der Waals surface area (Å²) < 4.78 is 9.99. The Labute approximate surface area is 191 Å². The van der Waals surface area contributed by atoms with E-state index in [0.717, 1.165) is 17.5 Å². The quantitative estimate of drug-likeness (QED) is 0.302. The number of oxime groups is 1. The van der Waals surface area contributed by atoms with Crippen molar-refractivity contribution in [3.63, 3.8) is 0 Å². The minimum atomic E-state index is -1.25. The number of methoxy groups -OCH3 is 1. The fourth-order valence-corrected chi connectivity index (χ4v) is 3.47. The van der Waals surface area contributed by atoms with E-state index in [1.807, 2.05) is 60.7 Å². The van der Waals surface area contributed by atoms with E-state index in [1.165, 1.54) is 13.4 Å². The van der Waals surface area contributed by atoms with E-state index in [0.29, 0.717) is 12.8 Å². The summed E-state index contributed by atoms with van der Waals surface area (Å²) in [6.45, 7) is 0. The van der Waals surface area contributed by atoms with E-state index in [2.05, 4.69) is 10.6 Å². The fraction of sp³-hybridized carbons (Fsp3) is 0.240. The first-order valence-electron chi connectivity index (χ1n) is 10.6. The molecule has 1 fully saturated rings. The highest BCUT2D eigenvalue weighted by atomic mass is 16.7. The first kappa shape index (κ1) is 22.3. The third-order valence-corrected chi connectivity index (χ3v) is 5.49. The Morgan fingerprint density at radius 2 is 1.61 bits per heavy atom. The molecule has 0 spiro atoms. The molecule has 1 amide bonds. The minimum Gasteiger partial charge on any atom is -0.464 e. The van der Waals surface area contributed by atoms with Gasteiger partial charge in [-0.2, -0.15) is 0 Å². The summed E-state index contributed by atoms with van der Waals surface area (Å²) >= 11 is 0. The summed E-state index contributed by atoms with van der Waals surface area (Å²) in [5, 5.41) is 3.93. The zero-order valence-corrected chi connectivity index (χ0v) is 18.1. The van der Waals surface area contributed by atoms with E-state index in [1.54, 1.807) is 12.1 Å². The summed E-state index contributed by atoms with van der Waals surface area (Å²) in [5.41, 5.74) is 2.92. The van der Waals surface area contributed by atoms with Crippen LogP contribution in [0.4, 0.5) is 0 Å². The van der Waals surface area contributed by atoms with Crippen LogP contribution >= 0.6 is 0 Å². The van der Waals surface area contributed by atoms with Crippen molar-refractivity contribution in [2.24, 2.45) is 5.16 Å². The van der Waals surface area contributed by atoms with Gasteiger partial charge in [-0.05, 0) is 42.5 Å². The number of ether oxygens (including phenoxy) is 1. The Morgan fingerprint density at radius 1 is 0.970 bits per heavy atom. The zero-order chi connectivity index (χ0) is 23.1. The summed E-state index contributed by atoms with van der Waals surface area (Å²) in [7, 11) is 1.23. The van der Waals surface area contributed by atoms with Crippen LogP contribution in [0.1, 0.15) is 42.3 Å². The van der Waals surface area contributed by atoms with Crippen molar-refractivity contribution >= 4 is 17.6 Å². The first-order chi connectivity index (χ1) is 16.1. The number of benzene rings is 2.